The van der Waals surface area contributed by atoms with Crippen LogP contribution in [0.1, 0.15) is 23.2 Å². The van der Waals surface area contributed by atoms with E-state index in [0.29, 0.717) is 12.1 Å². The molecule has 1 aromatic carbocycles. The number of benzene rings is 1. The summed E-state index contributed by atoms with van der Waals surface area (Å²) in [4.78, 5) is 12.4. The molecule has 0 atom stereocenters. The normalized spacial score (nSPS) is 11.9. The van der Waals surface area contributed by atoms with Crippen molar-refractivity contribution in [3.63, 3.8) is 0 Å². The van der Waals surface area contributed by atoms with Crippen molar-refractivity contribution in [2.75, 3.05) is 5.32 Å². The van der Waals surface area contributed by atoms with Gasteiger partial charge in [0.15, 0.2) is 0 Å². The van der Waals surface area contributed by atoms with E-state index in [1.54, 1.807) is 18.2 Å². The Balaban J connectivity index is 1.94. The minimum Gasteiger partial charge on any atom is -0.316 e. The molecule has 11 heteroatoms. The highest BCUT2D eigenvalue weighted by atomic mass is 35.5. The largest absolute Gasteiger partial charge is 0.416 e. The van der Waals surface area contributed by atoms with Crippen LogP contribution in [0, 0.1) is 11.3 Å². The van der Waals surface area contributed by atoms with Gasteiger partial charge in [-0.05, 0) is 42.8 Å². The number of aromatic nitrogens is 3. The zero-order chi connectivity index (χ0) is 21.9. The van der Waals surface area contributed by atoms with Gasteiger partial charge in [0.1, 0.15) is 16.6 Å². The monoisotopic (exact) mass is 451 g/mol. The van der Waals surface area contributed by atoms with E-state index in [1.807, 2.05) is 6.92 Å². The maximum Gasteiger partial charge on any atom is 0.416 e. The van der Waals surface area contributed by atoms with Crippen molar-refractivity contribution in [2.45, 2.75) is 19.5 Å². The Bertz CT molecular complexity index is 1160. The Morgan fingerprint density at radius 2 is 2.13 bits per heavy atom. The van der Waals surface area contributed by atoms with Gasteiger partial charge < -0.3 is 4.57 Å². The summed E-state index contributed by atoms with van der Waals surface area (Å²) < 4.78 is 40.6. The van der Waals surface area contributed by atoms with Crippen molar-refractivity contribution in [2.24, 2.45) is 0 Å². The highest BCUT2D eigenvalue weighted by molar-refractivity contribution is 7.15. The van der Waals surface area contributed by atoms with E-state index in [4.69, 9.17) is 11.6 Å². The van der Waals surface area contributed by atoms with E-state index >= 15 is 0 Å². The predicted octanol–water partition coefficient (Wildman–Crippen LogP) is 5.11. The number of halogens is 4. The summed E-state index contributed by atoms with van der Waals surface area (Å²) in [5.74, 6) is -0.709. The van der Waals surface area contributed by atoms with Crippen LogP contribution in [-0.4, -0.2) is 20.7 Å². The van der Waals surface area contributed by atoms with Gasteiger partial charge >= 0.3 is 6.18 Å². The summed E-state index contributed by atoms with van der Waals surface area (Å²) in [6, 6.07) is 7.82. The van der Waals surface area contributed by atoms with Crippen molar-refractivity contribution in [3.05, 3.63) is 63.4 Å². The third-order valence-corrected chi connectivity index (χ3v) is 5.26. The Hall–Kier alpha value is -3.16. The molecular formula is C19H13ClF3N5OS. The van der Waals surface area contributed by atoms with Crippen molar-refractivity contribution >= 4 is 40.1 Å². The molecule has 0 unspecified atom stereocenters. The average Bonchev–Trinajstić information content (AvgIpc) is 3.34. The number of rotatable bonds is 5. The molecule has 0 saturated carbocycles. The zero-order valence-corrected chi connectivity index (χ0v) is 16.9. The zero-order valence-electron chi connectivity index (χ0n) is 15.4. The summed E-state index contributed by atoms with van der Waals surface area (Å²) in [6.07, 6.45) is -1.15. The van der Waals surface area contributed by atoms with Crippen LogP contribution in [0.15, 0.2) is 42.1 Å². The number of nitrogens with zero attached hydrogens (tertiary/aromatic N) is 4. The minimum absolute atomic E-state index is 0.0668. The molecule has 0 aliphatic heterocycles. The minimum atomic E-state index is -4.54. The molecule has 0 aliphatic rings. The molecule has 0 saturated heterocycles. The summed E-state index contributed by atoms with van der Waals surface area (Å²) >= 11 is 7.28. The molecule has 0 aliphatic carbocycles. The average molecular weight is 452 g/mol. The lowest BCUT2D eigenvalue weighted by molar-refractivity contribution is -0.137. The van der Waals surface area contributed by atoms with E-state index in [1.165, 1.54) is 28.2 Å². The molecule has 3 rings (SSSR count). The maximum atomic E-state index is 13.1. The second-order valence-corrected chi connectivity index (χ2v) is 7.41. The van der Waals surface area contributed by atoms with Crippen molar-refractivity contribution in [1.29, 1.82) is 5.26 Å². The second-order valence-electron chi connectivity index (χ2n) is 5.95. The van der Waals surface area contributed by atoms with Crippen LogP contribution in [0.4, 0.5) is 18.3 Å². The Kier molecular flexibility index (Phi) is 6.24. The number of carbonyl (C=O) groups excluding carboxylic acids is 1. The molecule has 6 nitrogen and oxygen atoms in total. The van der Waals surface area contributed by atoms with Gasteiger partial charge in [-0.2, -0.15) is 18.4 Å². The number of carbonyl (C=O) groups is 1. The smallest absolute Gasteiger partial charge is 0.316 e. The van der Waals surface area contributed by atoms with Crippen LogP contribution >= 0.6 is 22.9 Å². The van der Waals surface area contributed by atoms with E-state index < -0.39 is 17.6 Å². The van der Waals surface area contributed by atoms with Gasteiger partial charge in [-0.15, -0.1) is 10.2 Å². The number of nitriles is 1. The molecule has 2 heterocycles. The fraction of sp³-hybridized carbons (Fsp3) is 0.158. The molecule has 30 heavy (non-hydrogen) atoms. The van der Waals surface area contributed by atoms with Crippen molar-refractivity contribution < 1.29 is 18.0 Å². The highest BCUT2D eigenvalue weighted by Gasteiger charge is 2.31. The van der Waals surface area contributed by atoms with Gasteiger partial charge in [-0.25, -0.2) is 0 Å². The molecule has 2 aromatic heterocycles. The first kappa shape index (κ1) is 21.5. The van der Waals surface area contributed by atoms with Gasteiger partial charge in [-0.1, -0.05) is 29.9 Å². The van der Waals surface area contributed by atoms with Crippen molar-refractivity contribution in [3.8, 4) is 11.8 Å². The molecule has 0 fully saturated rings. The summed E-state index contributed by atoms with van der Waals surface area (Å²) in [6.45, 7) is 1.89. The number of alkyl halides is 3. The maximum absolute atomic E-state index is 13.1. The van der Waals surface area contributed by atoms with E-state index in [9.17, 15) is 23.2 Å². The van der Waals surface area contributed by atoms with Gasteiger partial charge in [-0.3, -0.25) is 10.1 Å². The molecule has 0 bridgehead atoms. The quantitative estimate of drug-likeness (QED) is 0.431. The van der Waals surface area contributed by atoms with Gasteiger partial charge in [0.05, 0.1) is 16.3 Å². The third kappa shape index (κ3) is 4.69. The lowest BCUT2D eigenvalue weighted by atomic mass is 10.1. The lowest BCUT2D eigenvalue weighted by Gasteiger charge is -2.13. The molecule has 1 amide bonds. The van der Waals surface area contributed by atoms with E-state index in [-0.39, 0.29) is 21.4 Å². The number of hydrogen-bond acceptors (Lipinski definition) is 5. The van der Waals surface area contributed by atoms with Crippen LogP contribution in [0.3, 0.4) is 0 Å². The first-order chi connectivity index (χ1) is 14.2. The number of nitrogens with one attached hydrogen (secondary N) is 1. The van der Waals surface area contributed by atoms with Crippen LogP contribution in [0.25, 0.3) is 11.8 Å². The predicted molar refractivity (Wildman–Crippen MR) is 107 cm³/mol. The highest BCUT2D eigenvalue weighted by Crippen LogP contribution is 2.33. The topological polar surface area (TPSA) is 83.6 Å². The van der Waals surface area contributed by atoms with Crippen LogP contribution < -0.4 is 5.32 Å². The van der Waals surface area contributed by atoms with Crippen LogP contribution in [-0.2, 0) is 17.4 Å². The molecule has 3 aromatic rings. The van der Waals surface area contributed by atoms with E-state index in [0.717, 1.165) is 23.2 Å². The second kappa shape index (κ2) is 8.69. The van der Waals surface area contributed by atoms with Crippen LogP contribution in [0.2, 0.25) is 5.02 Å². The van der Waals surface area contributed by atoms with Crippen molar-refractivity contribution in [1.82, 2.24) is 14.8 Å². The summed E-state index contributed by atoms with van der Waals surface area (Å²) in [7, 11) is 0. The van der Waals surface area contributed by atoms with Gasteiger partial charge in [0.2, 0.25) is 5.13 Å². The summed E-state index contributed by atoms with van der Waals surface area (Å²) in [5.41, 5.74) is -0.760. The molecule has 154 valence electrons. The fourth-order valence-corrected chi connectivity index (χ4v) is 3.40. The van der Waals surface area contributed by atoms with Gasteiger partial charge in [0, 0.05) is 11.9 Å². The lowest BCUT2D eigenvalue weighted by Crippen LogP contribution is -2.13. The number of hydrogen-bond donors (Lipinski definition) is 1. The van der Waals surface area contributed by atoms with Gasteiger partial charge in [0.25, 0.3) is 5.91 Å². The number of amides is 1. The SMILES string of the molecule is CCc1nnc(NC(=O)C(C#N)=Cc2cccn2-c2cc(C(F)(F)F)ccc2Cl)s1. The molecule has 0 spiro atoms. The Morgan fingerprint density at radius 1 is 1.37 bits per heavy atom. The first-order valence-corrected chi connectivity index (χ1v) is 9.72. The molecular weight excluding hydrogens is 439 g/mol. The molecule has 1 N–H and O–H groups in total. The van der Waals surface area contributed by atoms with Crippen LogP contribution in [0.5, 0.6) is 0 Å². The Morgan fingerprint density at radius 3 is 2.77 bits per heavy atom. The fourth-order valence-electron chi connectivity index (χ4n) is 2.51. The standard InChI is InChI=1S/C19H13ClF3N5OS/c1-2-16-26-27-18(30-16)25-17(29)11(10-24)8-13-4-3-7-28(13)15-9-12(19(21,22)23)5-6-14(15)20/h3-9H,2H2,1H3,(H,25,27,29). The number of aryl methyl sites for hydroxylation is 1. The third-order valence-electron chi connectivity index (χ3n) is 3.96. The summed E-state index contributed by atoms with van der Waals surface area (Å²) in [5, 5.41) is 20.6. The molecule has 0 radical (unpaired) electrons. The Labute approximate surface area is 178 Å². The first-order valence-electron chi connectivity index (χ1n) is 8.53. The van der Waals surface area contributed by atoms with E-state index in [2.05, 4.69) is 15.5 Å². The number of anilines is 1.